The van der Waals surface area contributed by atoms with Crippen LogP contribution in [-0.2, 0) is 10.2 Å². The molecule has 0 atom stereocenters. The highest BCUT2D eigenvalue weighted by atomic mass is 16.1. The molecule has 1 saturated carbocycles. The molecule has 1 aliphatic carbocycles. The summed E-state index contributed by atoms with van der Waals surface area (Å²) >= 11 is 0. The van der Waals surface area contributed by atoms with Gasteiger partial charge in [-0.2, -0.15) is 10.2 Å². The Bertz CT molecular complexity index is 1170. The molecule has 5 rings (SSSR count). The summed E-state index contributed by atoms with van der Waals surface area (Å²) in [5.74, 6) is 0.483. The van der Waals surface area contributed by atoms with Crippen molar-refractivity contribution in [1.82, 2.24) is 25.4 Å². The van der Waals surface area contributed by atoms with Crippen LogP contribution in [0.2, 0.25) is 0 Å². The Balaban J connectivity index is 1.61. The molecule has 0 radical (unpaired) electrons. The number of benzene rings is 2. The van der Waals surface area contributed by atoms with E-state index in [9.17, 15) is 4.79 Å². The first-order valence-electron chi connectivity index (χ1n) is 9.92. The van der Waals surface area contributed by atoms with Crippen LogP contribution >= 0.6 is 0 Å². The molecule has 0 bridgehead atoms. The lowest BCUT2D eigenvalue weighted by atomic mass is 9.68. The molecular formula is C22H22N6O. The number of nitrogens with two attached hydrogens (primary N) is 1. The monoisotopic (exact) mass is 386 g/mol. The number of fused-ring (bicyclic) bond motifs is 1. The van der Waals surface area contributed by atoms with Crippen molar-refractivity contribution in [3.8, 4) is 22.6 Å². The van der Waals surface area contributed by atoms with E-state index in [-0.39, 0.29) is 5.91 Å². The molecule has 146 valence electrons. The molecule has 0 saturated heterocycles. The molecule has 1 fully saturated rings. The molecule has 4 aromatic rings. The van der Waals surface area contributed by atoms with Crippen molar-refractivity contribution in [1.29, 1.82) is 0 Å². The number of hydrogen-bond acceptors (Lipinski definition) is 4. The molecule has 7 nitrogen and oxygen atoms in total. The fraction of sp³-hybridized carbons (Fsp3) is 0.273. The maximum atomic E-state index is 12.4. The van der Waals surface area contributed by atoms with Gasteiger partial charge in [0.2, 0.25) is 5.91 Å². The van der Waals surface area contributed by atoms with Crippen LogP contribution in [-0.4, -0.2) is 31.3 Å². The molecule has 7 heteroatoms. The van der Waals surface area contributed by atoms with Crippen LogP contribution < -0.4 is 5.73 Å². The van der Waals surface area contributed by atoms with Crippen LogP contribution in [0, 0.1) is 0 Å². The number of amides is 1. The number of hydrogen-bond donors (Lipinski definition) is 3. The van der Waals surface area contributed by atoms with Crippen molar-refractivity contribution in [2.45, 2.75) is 37.5 Å². The SMILES string of the molecule is NC(=O)C1(c2cccc(-c3n[nH]c4ccc(-c5ncn[nH]5)cc34)c2)CCCCC1. The number of aromatic nitrogens is 5. The summed E-state index contributed by atoms with van der Waals surface area (Å²) in [4.78, 5) is 16.7. The van der Waals surface area contributed by atoms with E-state index in [1.807, 2.05) is 36.4 Å². The van der Waals surface area contributed by atoms with Gasteiger partial charge >= 0.3 is 0 Å². The van der Waals surface area contributed by atoms with Crippen LogP contribution in [0.15, 0.2) is 48.8 Å². The lowest BCUT2D eigenvalue weighted by Crippen LogP contribution is -2.42. The fourth-order valence-corrected chi connectivity index (χ4v) is 4.52. The number of H-pyrrole nitrogens is 2. The number of aromatic amines is 2. The molecule has 2 aromatic heterocycles. The fourth-order valence-electron chi connectivity index (χ4n) is 4.52. The van der Waals surface area contributed by atoms with Gasteiger partial charge in [-0.1, -0.05) is 37.5 Å². The summed E-state index contributed by atoms with van der Waals surface area (Å²) < 4.78 is 0. The number of rotatable bonds is 4. The minimum Gasteiger partial charge on any atom is -0.369 e. The van der Waals surface area contributed by atoms with Crippen molar-refractivity contribution in [2.24, 2.45) is 5.73 Å². The summed E-state index contributed by atoms with van der Waals surface area (Å²) in [7, 11) is 0. The van der Waals surface area contributed by atoms with Gasteiger partial charge in [0.05, 0.1) is 16.6 Å². The summed E-state index contributed by atoms with van der Waals surface area (Å²) in [6.45, 7) is 0. The van der Waals surface area contributed by atoms with Gasteiger partial charge in [-0.15, -0.1) is 0 Å². The maximum absolute atomic E-state index is 12.4. The first-order valence-corrected chi connectivity index (χ1v) is 9.92. The standard InChI is InChI=1S/C22H22N6O/c23-21(29)22(9-2-1-3-10-22)16-6-4-5-14(11-16)19-17-12-15(20-24-13-25-28-20)7-8-18(17)26-27-19/h4-8,11-13H,1-3,9-10H2,(H2,23,29)(H,26,27)(H,24,25,28). The summed E-state index contributed by atoms with van der Waals surface area (Å²) in [5.41, 5.74) is 10.00. The predicted octanol–water partition coefficient (Wildman–Crippen LogP) is 3.70. The van der Waals surface area contributed by atoms with E-state index >= 15 is 0 Å². The van der Waals surface area contributed by atoms with Gasteiger partial charge in [0.15, 0.2) is 5.82 Å². The number of nitrogens with zero attached hydrogens (tertiary/aromatic N) is 3. The van der Waals surface area contributed by atoms with E-state index in [1.165, 1.54) is 6.33 Å². The zero-order chi connectivity index (χ0) is 19.8. The molecule has 1 amide bonds. The molecule has 0 spiro atoms. The summed E-state index contributed by atoms with van der Waals surface area (Å²) in [5, 5.41) is 15.5. The van der Waals surface area contributed by atoms with Gasteiger partial charge in [0.25, 0.3) is 0 Å². The second-order valence-electron chi connectivity index (χ2n) is 7.75. The van der Waals surface area contributed by atoms with E-state index in [0.29, 0.717) is 5.82 Å². The normalized spacial score (nSPS) is 16.1. The number of primary amides is 1. The van der Waals surface area contributed by atoms with Crippen molar-refractivity contribution < 1.29 is 4.79 Å². The highest BCUT2D eigenvalue weighted by Crippen LogP contribution is 2.41. The Morgan fingerprint density at radius 1 is 1.00 bits per heavy atom. The molecule has 2 aromatic carbocycles. The predicted molar refractivity (Wildman–Crippen MR) is 111 cm³/mol. The van der Waals surface area contributed by atoms with Gasteiger partial charge in [0.1, 0.15) is 6.33 Å². The van der Waals surface area contributed by atoms with Crippen molar-refractivity contribution in [3.05, 3.63) is 54.4 Å². The third-order valence-electron chi connectivity index (χ3n) is 6.12. The molecule has 4 N–H and O–H groups in total. The highest BCUT2D eigenvalue weighted by molar-refractivity contribution is 5.95. The van der Waals surface area contributed by atoms with Gasteiger partial charge in [-0.05, 0) is 42.7 Å². The molecule has 0 aliphatic heterocycles. The van der Waals surface area contributed by atoms with E-state index in [4.69, 9.17) is 5.73 Å². The minimum absolute atomic E-state index is 0.228. The largest absolute Gasteiger partial charge is 0.369 e. The first kappa shape index (κ1) is 17.6. The Kier molecular flexibility index (Phi) is 4.16. The second-order valence-corrected chi connectivity index (χ2v) is 7.75. The van der Waals surface area contributed by atoms with Crippen LogP contribution in [0.5, 0.6) is 0 Å². The number of nitrogens with one attached hydrogen (secondary N) is 2. The smallest absolute Gasteiger partial charge is 0.228 e. The topological polar surface area (TPSA) is 113 Å². The van der Waals surface area contributed by atoms with Crippen LogP contribution in [0.4, 0.5) is 0 Å². The average Bonchev–Trinajstić information content (AvgIpc) is 3.44. The maximum Gasteiger partial charge on any atom is 0.228 e. The van der Waals surface area contributed by atoms with Crippen molar-refractivity contribution >= 4 is 16.8 Å². The van der Waals surface area contributed by atoms with Gasteiger partial charge in [-0.25, -0.2) is 4.98 Å². The Hall–Kier alpha value is -3.48. The van der Waals surface area contributed by atoms with E-state index in [1.54, 1.807) is 0 Å². The van der Waals surface area contributed by atoms with E-state index in [0.717, 1.165) is 65.4 Å². The van der Waals surface area contributed by atoms with Crippen LogP contribution in [0.25, 0.3) is 33.5 Å². The quantitative estimate of drug-likeness (QED) is 0.496. The number of carbonyl (C=O) groups excluding carboxylic acids is 1. The molecule has 0 unspecified atom stereocenters. The van der Waals surface area contributed by atoms with E-state index < -0.39 is 5.41 Å². The first-order chi connectivity index (χ1) is 14.2. The molecule has 2 heterocycles. The average molecular weight is 386 g/mol. The second kappa shape index (κ2) is 6.84. The van der Waals surface area contributed by atoms with Crippen LogP contribution in [0.1, 0.15) is 37.7 Å². The Morgan fingerprint density at radius 2 is 1.86 bits per heavy atom. The minimum atomic E-state index is -0.578. The van der Waals surface area contributed by atoms with Crippen molar-refractivity contribution in [2.75, 3.05) is 0 Å². The Labute approximate surface area is 167 Å². The van der Waals surface area contributed by atoms with E-state index in [2.05, 4.69) is 31.4 Å². The lowest BCUT2D eigenvalue weighted by molar-refractivity contribution is -0.124. The van der Waals surface area contributed by atoms with Gasteiger partial charge in [-0.3, -0.25) is 15.0 Å². The third kappa shape index (κ3) is 2.90. The molecule has 1 aliphatic rings. The summed E-state index contributed by atoms with van der Waals surface area (Å²) in [6, 6.07) is 14.1. The molecule has 29 heavy (non-hydrogen) atoms. The highest BCUT2D eigenvalue weighted by Gasteiger charge is 2.39. The zero-order valence-electron chi connectivity index (χ0n) is 16.0. The van der Waals surface area contributed by atoms with Crippen LogP contribution in [0.3, 0.4) is 0 Å². The third-order valence-corrected chi connectivity index (χ3v) is 6.12. The summed E-state index contributed by atoms with van der Waals surface area (Å²) in [6.07, 6.45) is 6.32. The van der Waals surface area contributed by atoms with Crippen molar-refractivity contribution in [3.63, 3.8) is 0 Å². The van der Waals surface area contributed by atoms with Gasteiger partial charge in [0, 0.05) is 16.5 Å². The zero-order valence-corrected chi connectivity index (χ0v) is 16.0. The Morgan fingerprint density at radius 3 is 2.62 bits per heavy atom. The molecular weight excluding hydrogens is 364 g/mol. The lowest BCUT2D eigenvalue weighted by Gasteiger charge is -2.35. The van der Waals surface area contributed by atoms with Gasteiger partial charge < -0.3 is 5.73 Å². The number of carbonyl (C=O) groups is 1.